The van der Waals surface area contributed by atoms with Gasteiger partial charge >= 0.3 is 0 Å². The van der Waals surface area contributed by atoms with Crippen molar-refractivity contribution in [3.63, 3.8) is 0 Å². The Balaban J connectivity index is 2.20. The van der Waals surface area contributed by atoms with Crippen LogP contribution >= 0.6 is 23.6 Å². The summed E-state index contributed by atoms with van der Waals surface area (Å²) in [5.41, 5.74) is 6.94. The Morgan fingerprint density at radius 3 is 3.25 bits per heavy atom. The van der Waals surface area contributed by atoms with Crippen LogP contribution in [-0.2, 0) is 13.0 Å². The molecular formula is C8H10N2S2. The first-order valence-corrected chi connectivity index (χ1v) is 5.16. The molecular weight excluding hydrogens is 188 g/mol. The van der Waals surface area contributed by atoms with E-state index in [-0.39, 0.29) is 0 Å². The Morgan fingerprint density at radius 1 is 1.67 bits per heavy atom. The van der Waals surface area contributed by atoms with Gasteiger partial charge < -0.3 is 10.6 Å². The van der Waals surface area contributed by atoms with Crippen molar-refractivity contribution in [1.82, 2.24) is 4.90 Å². The van der Waals surface area contributed by atoms with Crippen LogP contribution in [0.25, 0.3) is 0 Å². The van der Waals surface area contributed by atoms with Crippen LogP contribution in [0.4, 0.5) is 0 Å². The second kappa shape index (κ2) is 3.03. The maximum absolute atomic E-state index is 5.55. The van der Waals surface area contributed by atoms with Crippen molar-refractivity contribution in [2.45, 2.75) is 13.0 Å². The quantitative estimate of drug-likeness (QED) is 0.638. The van der Waals surface area contributed by atoms with E-state index in [9.17, 15) is 0 Å². The average Bonchev–Trinajstić information content (AvgIpc) is 2.49. The zero-order chi connectivity index (χ0) is 8.55. The zero-order valence-electron chi connectivity index (χ0n) is 6.62. The molecule has 0 radical (unpaired) electrons. The van der Waals surface area contributed by atoms with Gasteiger partial charge in [0.25, 0.3) is 0 Å². The van der Waals surface area contributed by atoms with E-state index < -0.39 is 0 Å². The second-order valence-electron chi connectivity index (χ2n) is 2.88. The first-order chi connectivity index (χ1) is 5.77. The minimum Gasteiger partial charge on any atom is -0.376 e. The Hall–Kier alpha value is -0.610. The summed E-state index contributed by atoms with van der Waals surface area (Å²) in [5, 5.41) is 2.65. The van der Waals surface area contributed by atoms with E-state index >= 15 is 0 Å². The molecule has 0 amide bonds. The lowest BCUT2D eigenvalue weighted by Crippen LogP contribution is -2.38. The summed E-state index contributed by atoms with van der Waals surface area (Å²) in [7, 11) is 0. The monoisotopic (exact) mass is 198 g/mol. The fourth-order valence-corrected chi connectivity index (χ4v) is 2.48. The van der Waals surface area contributed by atoms with Crippen LogP contribution in [0, 0.1) is 0 Å². The fraction of sp³-hybridized carbons (Fsp3) is 0.375. The molecule has 1 aliphatic heterocycles. The number of hydrogen-bond donors (Lipinski definition) is 1. The molecule has 0 spiro atoms. The third kappa shape index (κ3) is 1.32. The van der Waals surface area contributed by atoms with Crippen molar-refractivity contribution in [2.75, 3.05) is 6.54 Å². The number of nitrogens with zero attached hydrogens (tertiary/aromatic N) is 1. The van der Waals surface area contributed by atoms with Crippen LogP contribution < -0.4 is 5.73 Å². The van der Waals surface area contributed by atoms with Crippen LogP contribution in [0.1, 0.15) is 10.4 Å². The van der Waals surface area contributed by atoms with E-state index in [1.807, 2.05) is 16.2 Å². The number of thiophene rings is 1. The van der Waals surface area contributed by atoms with Crippen molar-refractivity contribution in [3.8, 4) is 0 Å². The number of fused-ring (bicyclic) bond motifs is 1. The highest BCUT2D eigenvalue weighted by Crippen LogP contribution is 2.23. The fourth-order valence-electron chi connectivity index (χ4n) is 1.44. The molecule has 2 heterocycles. The molecule has 0 fully saturated rings. The molecule has 4 heteroatoms. The molecule has 2 rings (SSSR count). The van der Waals surface area contributed by atoms with E-state index in [4.69, 9.17) is 18.0 Å². The number of rotatable bonds is 0. The van der Waals surface area contributed by atoms with Gasteiger partial charge in [-0.3, -0.25) is 0 Å². The Kier molecular flexibility index (Phi) is 2.02. The molecule has 0 unspecified atom stereocenters. The molecule has 0 aliphatic carbocycles. The summed E-state index contributed by atoms with van der Waals surface area (Å²) < 4.78 is 0. The summed E-state index contributed by atoms with van der Waals surface area (Å²) in [4.78, 5) is 3.53. The van der Waals surface area contributed by atoms with Crippen LogP contribution in [0.5, 0.6) is 0 Å². The molecule has 2 N–H and O–H groups in total. The van der Waals surface area contributed by atoms with E-state index in [1.54, 1.807) is 0 Å². The third-order valence-electron chi connectivity index (χ3n) is 2.12. The van der Waals surface area contributed by atoms with Gasteiger partial charge in [0, 0.05) is 18.0 Å². The SMILES string of the molecule is NC(=S)N1CCc2sccc2C1. The zero-order valence-corrected chi connectivity index (χ0v) is 8.25. The lowest BCUT2D eigenvalue weighted by molar-refractivity contribution is 0.400. The van der Waals surface area contributed by atoms with E-state index in [1.165, 1.54) is 10.4 Å². The number of hydrogen-bond acceptors (Lipinski definition) is 2. The molecule has 1 aromatic rings. The lowest BCUT2D eigenvalue weighted by atomic mass is 10.1. The highest BCUT2D eigenvalue weighted by atomic mass is 32.1. The molecule has 0 bridgehead atoms. The van der Waals surface area contributed by atoms with Gasteiger partial charge in [-0.15, -0.1) is 11.3 Å². The van der Waals surface area contributed by atoms with Crippen LogP contribution in [0.15, 0.2) is 11.4 Å². The molecule has 1 aromatic heterocycles. The summed E-state index contributed by atoms with van der Waals surface area (Å²) in [6.45, 7) is 1.87. The van der Waals surface area contributed by atoms with Crippen LogP contribution in [0.2, 0.25) is 0 Å². The molecule has 0 saturated heterocycles. The van der Waals surface area contributed by atoms with Gasteiger partial charge in [-0.25, -0.2) is 0 Å². The Morgan fingerprint density at radius 2 is 2.50 bits per heavy atom. The van der Waals surface area contributed by atoms with Crippen molar-refractivity contribution < 1.29 is 0 Å². The average molecular weight is 198 g/mol. The van der Waals surface area contributed by atoms with Gasteiger partial charge in [0.05, 0.1) is 0 Å². The minimum absolute atomic E-state index is 0.520. The maximum Gasteiger partial charge on any atom is 0.166 e. The molecule has 64 valence electrons. The predicted molar refractivity (Wildman–Crippen MR) is 55.2 cm³/mol. The molecule has 12 heavy (non-hydrogen) atoms. The van der Waals surface area contributed by atoms with Gasteiger partial charge in [0.2, 0.25) is 0 Å². The Labute approximate surface area is 81.0 Å². The van der Waals surface area contributed by atoms with E-state index in [2.05, 4.69) is 11.4 Å². The van der Waals surface area contributed by atoms with Gasteiger partial charge in [0.15, 0.2) is 5.11 Å². The van der Waals surface area contributed by atoms with Crippen molar-refractivity contribution >= 4 is 28.7 Å². The molecule has 0 saturated carbocycles. The summed E-state index contributed by atoms with van der Waals surface area (Å²) >= 11 is 6.75. The molecule has 1 aliphatic rings. The summed E-state index contributed by atoms with van der Waals surface area (Å²) in [6.07, 6.45) is 1.09. The van der Waals surface area contributed by atoms with Crippen molar-refractivity contribution in [1.29, 1.82) is 0 Å². The highest BCUT2D eigenvalue weighted by Gasteiger charge is 2.16. The van der Waals surface area contributed by atoms with Gasteiger partial charge in [-0.05, 0) is 35.6 Å². The predicted octanol–water partition coefficient (Wildman–Crippen LogP) is 1.35. The standard InChI is InChI=1S/C8H10N2S2/c9-8(11)10-3-1-7-6(5-10)2-4-12-7/h2,4H,1,3,5H2,(H2,9,11). The Bertz CT molecular complexity index is 306. The van der Waals surface area contributed by atoms with Crippen molar-refractivity contribution in [3.05, 3.63) is 21.9 Å². The van der Waals surface area contributed by atoms with Crippen molar-refractivity contribution in [2.24, 2.45) is 5.73 Å². The van der Waals surface area contributed by atoms with Gasteiger partial charge in [-0.2, -0.15) is 0 Å². The van der Waals surface area contributed by atoms with Gasteiger partial charge in [-0.1, -0.05) is 0 Å². The maximum atomic E-state index is 5.55. The normalized spacial score (nSPS) is 15.8. The minimum atomic E-state index is 0.520. The summed E-state index contributed by atoms with van der Waals surface area (Å²) in [6, 6.07) is 2.16. The van der Waals surface area contributed by atoms with Crippen LogP contribution in [-0.4, -0.2) is 16.6 Å². The second-order valence-corrected chi connectivity index (χ2v) is 4.30. The third-order valence-corrected chi connectivity index (χ3v) is 3.40. The molecule has 0 aromatic carbocycles. The molecule has 0 atom stereocenters. The largest absolute Gasteiger partial charge is 0.376 e. The van der Waals surface area contributed by atoms with Crippen LogP contribution in [0.3, 0.4) is 0 Å². The topological polar surface area (TPSA) is 29.3 Å². The number of thiocarbonyl (C=S) groups is 1. The van der Waals surface area contributed by atoms with Gasteiger partial charge in [0.1, 0.15) is 0 Å². The lowest BCUT2D eigenvalue weighted by Gasteiger charge is -2.26. The number of nitrogens with two attached hydrogens (primary N) is 1. The molecule has 2 nitrogen and oxygen atoms in total. The first kappa shape index (κ1) is 8.01. The smallest absolute Gasteiger partial charge is 0.166 e. The van der Waals surface area contributed by atoms with E-state index in [0.717, 1.165) is 19.5 Å². The van der Waals surface area contributed by atoms with E-state index in [0.29, 0.717) is 5.11 Å². The first-order valence-electron chi connectivity index (χ1n) is 3.87. The highest BCUT2D eigenvalue weighted by molar-refractivity contribution is 7.80. The summed E-state index contributed by atoms with van der Waals surface area (Å²) in [5.74, 6) is 0.